The van der Waals surface area contributed by atoms with Gasteiger partial charge in [-0.15, -0.1) is 0 Å². The second kappa shape index (κ2) is 6.88. The summed E-state index contributed by atoms with van der Waals surface area (Å²) in [6, 6.07) is 18.0. The number of rotatable bonds is 4. The standard InChI is InChI=1S/C20H18N2O/c1-15-5-2-6-16(13-15)14-22-19(23)11-10-18-8-3-7-17-9-4-12-21-20(17)18/h2-13H,14H2,1H3,(H,22,23)/b11-10+. The molecular formula is C20H18N2O. The van der Waals surface area contributed by atoms with Gasteiger partial charge >= 0.3 is 0 Å². The van der Waals surface area contributed by atoms with Gasteiger partial charge in [-0.05, 0) is 24.6 Å². The molecule has 3 rings (SSSR count). The molecule has 1 amide bonds. The van der Waals surface area contributed by atoms with Crippen molar-refractivity contribution < 1.29 is 4.79 Å². The smallest absolute Gasteiger partial charge is 0.244 e. The van der Waals surface area contributed by atoms with Crippen molar-refractivity contribution in [1.29, 1.82) is 0 Å². The molecule has 0 spiro atoms. The molecule has 3 heteroatoms. The summed E-state index contributed by atoms with van der Waals surface area (Å²) in [7, 11) is 0. The first-order chi connectivity index (χ1) is 11.2. The lowest BCUT2D eigenvalue weighted by Crippen LogP contribution is -2.20. The Kier molecular flexibility index (Phi) is 4.48. The van der Waals surface area contributed by atoms with Crippen LogP contribution < -0.4 is 5.32 Å². The highest BCUT2D eigenvalue weighted by atomic mass is 16.1. The third-order valence-electron chi connectivity index (χ3n) is 3.63. The highest BCUT2D eigenvalue weighted by Gasteiger charge is 2.00. The highest BCUT2D eigenvalue weighted by molar-refractivity contribution is 5.95. The Morgan fingerprint density at radius 3 is 2.83 bits per heavy atom. The third-order valence-corrected chi connectivity index (χ3v) is 3.63. The lowest BCUT2D eigenvalue weighted by molar-refractivity contribution is -0.116. The number of fused-ring (bicyclic) bond motifs is 1. The number of nitrogens with zero attached hydrogens (tertiary/aromatic N) is 1. The molecular weight excluding hydrogens is 284 g/mol. The molecule has 114 valence electrons. The number of nitrogens with one attached hydrogen (secondary N) is 1. The van der Waals surface area contributed by atoms with E-state index < -0.39 is 0 Å². The predicted octanol–water partition coefficient (Wildman–Crippen LogP) is 3.87. The van der Waals surface area contributed by atoms with E-state index >= 15 is 0 Å². The molecule has 1 aromatic heterocycles. The quantitative estimate of drug-likeness (QED) is 0.743. The van der Waals surface area contributed by atoms with Crippen LogP contribution in [-0.4, -0.2) is 10.9 Å². The Bertz CT molecular complexity index is 863. The van der Waals surface area contributed by atoms with E-state index in [0.717, 1.165) is 22.0 Å². The van der Waals surface area contributed by atoms with E-state index in [1.807, 2.05) is 55.5 Å². The molecule has 0 bridgehead atoms. The van der Waals surface area contributed by atoms with Gasteiger partial charge in [0.15, 0.2) is 0 Å². The van der Waals surface area contributed by atoms with Crippen molar-refractivity contribution in [3.8, 4) is 0 Å². The SMILES string of the molecule is Cc1cccc(CNC(=O)/C=C/c2cccc3cccnc23)c1. The van der Waals surface area contributed by atoms with Crippen molar-refractivity contribution in [2.45, 2.75) is 13.5 Å². The Balaban J connectivity index is 1.68. The van der Waals surface area contributed by atoms with Crippen LogP contribution in [0.15, 0.2) is 66.9 Å². The summed E-state index contributed by atoms with van der Waals surface area (Å²) in [6.45, 7) is 2.57. The zero-order chi connectivity index (χ0) is 16.1. The number of carbonyl (C=O) groups excluding carboxylic acids is 1. The third kappa shape index (κ3) is 3.83. The molecule has 2 aromatic carbocycles. The average molecular weight is 302 g/mol. The van der Waals surface area contributed by atoms with Gasteiger partial charge in [-0.2, -0.15) is 0 Å². The van der Waals surface area contributed by atoms with E-state index in [9.17, 15) is 4.79 Å². The molecule has 3 aromatic rings. The van der Waals surface area contributed by atoms with Gasteiger partial charge in [0.2, 0.25) is 5.91 Å². The molecule has 0 fully saturated rings. The summed E-state index contributed by atoms with van der Waals surface area (Å²) in [4.78, 5) is 16.4. The highest BCUT2D eigenvalue weighted by Crippen LogP contribution is 2.16. The monoisotopic (exact) mass is 302 g/mol. The molecule has 0 atom stereocenters. The van der Waals surface area contributed by atoms with Crippen LogP contribution in [0.4, 0.5) is 0 Å². The van der Waals surface area contributed by atoms with Crippen molar-refractivity contribution >= 4 is 22.9 Å². The van der Waals surface area contributed by atoms with E-state index in [4.69, 9.17) is 0 Å². The maximum absolute atomic E-state index is 12.0. The van der Waals surface area contributed by atoms with Gasteiger partial charge in [0.1, 0.15) is 0 Å². The minimum Gasteiger partial charge on any atom is -0.348 e. The van der Waals surface area contributed by atoms with Gasteiger partial charge in [-0.3, -0.25) is 9.78 Å². The molecule has 0 aliphatic rings. The fourth-order valence-electron chi connectivity index (χ4n) is 2.50. The fourth-order valence-corrected chi connectivity index (χ4v) is 2.50. The molecule has 0 aliphatic heterocycles. The zero-order valence-electron chi connectivity index (χ0n) is 13.0. The van der Waals surface area contributed by atoms with Gasteiger partial charge in [-0.1, -0.05) is 54.1 Å². The number of aromatic nitrogens is 1. The molecule has 0 saturated carbocycles. The summed E-state index contributed by atoms with van der Waals surface area (Å²) in [5.74, 6) is -0.112. The molecule has 0 aliphatic carbocycles. The van der Waals surface area contributed by atoms with E-state index in [-0.39, 0.29) is 5.91 Å². The molecule has 0 radical (unpaired) electrons. The van der Waals surface area contributed by atoms with Crippen molar-refractivity contribution in [3.05, 3.63) is 83.6 Å². The topological polar surface area (TPSA) is 42.0 Å². The van der Waals surface area contributed by atoms with Gasteiger partial charge in [-0.25, -0.2) is 0 Å². The lowest BCUT2D eigenvalue weighted by Gasteiger charge is -2.04. The summed E-state index contributed by atoms with van der Waals surface area (Å²) in [6.07, 6.45) is 5.12. The van der Waals surface area contributed by atoms with Crippen molar-refractivity contribution in [2.75, 3.05) is 0 Å². The van der Waals surface area contributed by atoms with E-state index in [1.54, 1.807) is 18.3 Å². The van der Waals surface area contributed by atoms with Crippen LogP contribution in [0.5, 0.6) is 0 Å². The number of hydrogen-bond acceptors (Lipinski definition) is 2. The molecule has 0 saturated heterocycles. The van der Waals surface area contributed by atoms with Crippen LogP contribution in [0.2, 0.25) is 0 Å². The number of amides is 1. The summed E-state index contributed by atoms with van der Waals surface area (Å²) in [5.41, 5.74) is 4.12. The first kappa shape index (κ1) is 15.0. The summed E-state index contributed by atoms with van der Waals surface area (Å²) < 4.78 is 0. The van der Waals surface area contributed by atoms with Gasteiger partial charge in [0.25, 0.3) is 0 Å². The number of para-hydroxylation sites is 1. The Hall–Kier alpha value is -2.94. The molecule has 1 heterocycles. The van der Waals surface area contributed by atoms with Crippen molar-refractivity contribution in [2.24, 2.45) is 0 Å². The zero-order valence-corrected chi connectivity index (χ0v) is 13.0. The number of pyridine rings is 1. The van der Waals surface area contributed by atoms with Crippen molar-refractivity contribution in [1.82, 2.24) is 10.3 Å². The number of aryl methyl sites for hydroxylation is 1. The Morgan fingerprint density at radius 2 is 1.96 bits per heavy atom. The summed E-state index contributed by atoms with van der Waals surface area (Å²) >= 11 is 0. The van der Waals surface area contributed by atoms with Gasteiger partial charge in [0.05, 0.1) is 5.52 Å². The van der Waals surface area contributed by atoms with Crippen LogP contribution in [0.25, 0.3) is 17.0 Å². The number of carbonyl (C=O) groups is 1. The minimum absolute atomic E-state index is 0.112. The Labute approximate surface area is 135 Å². The van der Waals surface area contributed by atoms with Crippen LogP contribution in [0.3, 0.4) is 0 Å². The molecule has 0 unspecified atom stereocenters. The maximum Gasteiger partial charge on any atom is 0.244 e. The van der Waals surface area contributed by atoms with Gasteiger partial charge < -0.3 is 5.32 Å². The maximum atomic E-state index is 12.0. The van der Waals surface area contributed by atoms with E-state index in [1.165, 1.54) is 5.56 Å². The van der Waals surface area contributed by atoms with Crippen LogP contribution in [0.1, 0.15) is 16.7 Å². The van der Waals surface area contributed by atoms with E-state index in [0.29, 0.717) is 6.54 Å². The van der Waals surface area contributed by atoms with Crippen LogP contribution >= 0.6 is 0 Å². The number of hydrogen-bond donors (Lipinski definition) is 1. The lowest BCUT2D eigenvalue weighted by atomic mass is 10.1. The summed E-state index contributed by atoms with van der Waals surface area (Å²) in [5, 5.41) is 3.96. The predicted molar refractivity (Wildman–Crippen MR) is 93.8 cm³/mol. The molecule has 1 N–H and O–H groups in total. The van der Waals surface area contributed by atoms with Crippen LogP contribution in [0, 0.1) is 6.92 Å². The van der Waals surface area contributed by atoms with Crippen molar-refractivity contribution in [3.63, 3.8) is 0 Å². The van der Waals surface area contributed by atoms with Crippen LogP contribution in [-0.2, 0) is 11.3 Å². The minimum atomic E-state index is -0.112. The Morgan fingerprint density at radius 1 is 1.13 bits per heavy atom. The fraction of sp³-hybridized carbons (Fsp3) is 0.100. The van der Waals surface area contributed by atoms with Gasteiger partial charge in [0, 0.05) is 29.8 Å². The average Bonchev–Trinajstić information content (AvgIpc) is 2.58. The first-order valence-corrected chi connectivity index (χ1v) is 7.57. The van der Waals surface area contributed by atoms with E-state index in [2.05, 4.69) is 16.4 Å². The second-order valence-corrected chi connectivity index (χ2v) is 5.46. The molecule has 23 heavy (non-hydrogen) atoms. The largest absolute Gasteiger partial charge is 0.348 e. The number of benzene rings is 2. The second-order valence-electron chi connectivity index (χ2n) is 5.46. The normalized spacial score (nSPS) is 11.0. The molecule has 3 nitrogen and oxygen atoms in total. The first-order valence-electron chi connectivity index (χ1n) is 7.57.